The molecular formula is C28H36N6O2. The molecule has 8 heteroatoms. The summed E-state index contributed by atoms with van der Waals surface area (Å²) in [5, 5.41) is 10.4. The van der Waals surface area contributed by atoms with Crippen LogP contribution in [0, 0.1) is 6.92 Å². The number of benzene rings is 1. The van der Waals surface area contributed by atoms with Crippen molar-refractivity contribution in [3.8, 4) is 17.1 Å². The number of hydrogen-bond donors (Lipinski definition) is 1. The van der Waals surface area contributed by atoms with Gasteiger partial charge >= 0.3 is 0 Å². The molecule has 8 nitrogen and oxygen atoms in total. The van der Waals surface area contributed by atoms with Crippen LogP contribution in [0.1, 0.15) is 68.1 Å². The Kier molecular flexibility index (Phi) is 6.17. The van der Waals surface area contributed by atoms with Crippen LogP contribution in [0.25, 0.3) is 27.9 Å². The van der Waals surface area contributed by atoms with E-state index in [2.05, 4.69) is 52.0 Å². The summed E-state index contributed by atoms with van der Waals surface area (Å²) < 4.78 is 12.9. The number of fused-ring (bicyclic) bond motifs is 2. The third-order valence-corrected chi connectivity index (χ3v) is 8.21. The maximum Gasteiger partial charge on any atom is 0.218 e. The normalized spacial score (nSPS) is 18.6. The monoisotopic (exact) mass is 488 g/mol. The Morgan fingerprint density at radius 2 is 1.89 bits per heavy atom. The van der Waals surface area contributed by atoms with Crippen LogP contribution >= 0.6 is 0 Å². The number of aromatic nitrogens is 5. The van der Waals surface area contributed by atoms with Crippen LogP contribution in [0.15, 0.2) is 24.5 Å². The molecule has 0 unspecified atom stereocenters. The zero-order valence-electron chi connectivity index (χ0n) is 21.8. The average molecular weight is 489 g/mol. The van der Waals surface area contributed by atoms with E-state index in [9.17, 15) is 0 Å². The van der Waals surface area contributed by atoms with E-state index in [1.807, 2.05) is 6.92 Å². The predicted octanol–water partition coefficient (Wildman–Crippen LogP) is 5.07. The molecule has 2 fully saturated rings. The lowest BCUT2D eigenvalue weighted by atomic mass is 9.86. The van der Waals surface area contributed by atoms with Crippen LogP contribution in [0.2, 0.25) is 0 Å². The average Bonchev–Trinajstić information content (AvgIpc) is 3.53. The zero-order valence-corrected chi connectivity index (χ0v) is 21.8. The van der Waals surface area contributed by atoms with E-state index in [1.54, 1.807) is 11.7 Å². The van der Waals surface area contributed by atoms with Gasteiger partial charge in [0.1, 0.15) is 12.0 Å². The molecule has 2 aliphatic heterocycles. The number of likely N-dealkylation sites (tertiary alicyclic amines) is 1. The Morgan fingerprint density at radius 1 is 1.11 bits per heavy atom. The molecule has 1 N–H and O–H groups in total. The van der Waals surface area contributed by atoms with Gasteiger partial charge in [0, 0.05) is 35.7 Å². The van der Waals surface area contributed by atoms with Crippen molar-refractivity contribution in [2.75, 3.05) is 33.4 Å². The fraction of sp³-hybridized carbons (Fsp3) is 0.536. The molecule has 1 aromatic carbocycles. The van der Waals surface area contributed by atoms with Crippen molar-refractivity contribution < 1.29 is 9.47 Å². The van der Waals surface area contributed by atoms with Crippen molar-refractivity contribution in [2.45, 2.75) is 64.3 Å². The van der Waals surface area contributed by atoms with E-state index in [1.165, 1.54) is 61.6 Å². The van der Waals surface area contributed by atoms with E-state index in [0.29, 0.717) is 29.3 Å². The molecule has 190 valence electrons. The Balaban J connectivity index is 1.35. The van der Waals surface area contributed by atoms with E-state index in [-0.39, 0.29) is 0 Å². The number of H-pyrrole nitrogens is 1. The van der Waals surface area contributed by atoms with E-state index < -0.39 is 0 Å². The summed E-state index contributed by atoms with van der Waals surface area (Å²) in [5.41, 5.74) is 7.40. The first-order chi connectivity index (χ1) is 17.5. The van der Waals surface area contributed by atoms with Crippen molar-refractivity contribution in [2.24, 2.45) is 0 Å². The Labute approximate surface area is 212 Å². The number of nitrogens with zero attached hydrogens (tertiary/aromatic N) is 5. The van der Waals surface area contributed by atoms with Crippen molar-refractivity contribution >= 4 is 16.6 Å². The van der Waals surface area contributed by atoms with Crippen molar-refractivity contribution in [1.82, 2.24) is 29.7 Å². The van der Waals surface area contributed by atoms with E-state index >= 15 is 0 Å². The minimum atomic E-state index is 0.331. The molecule has 2 aliphatic rings. The molecule has 0 saturated carbocycles. The van der Waals surface area contributed by atoms with Gasteiger partial charge in [0.25, 0.3) is 0 Å². The highest BCUT2D eigenvalue weighted by Gasteiger charge is 2.28. The predicted molar refractivity (Wildman–Crippen MR) is 141 cm³/mol. The molecular weight excluding hydrogens is 452 g/mol. The summed E-state index contributed by atoms with van der Waals surface area (Å²) in [6, 6.07) is 7.71. The lowest BCUT2D eigenvalue weighted by Crippen LogP contribution is -2.43. The number of hydrogen-bond acceptors (Lipinski definition) is 6. The SMILES string of the molecule is COc1c(C)c(-c2[nH]c3ccc(C4CCN(C5CCOCC5)CC4)cc3c2C(C)C)nn2ncnc12. The first-order valence-electron chi connectivity index (χ1n) is 13.3. The summed E-state index contributed by atoms with van der Waals surface area (Å²) in [6.45, 7) is 10.8. The second-order valence-corrected chi connectivity index (χ2v) is 10.6. The Bertz CT molecular complexity index is 1380. The highest BCUT2D eigenvalue weighted by atomic mass is 16.5. The molecule has 0 amide bonds. The van der Waals surface area contributed by atoms with Crippen LogP contribution in [0.5, 0.6) is 5.75 Å². The van der Waals surface area contributed by atoms with Gasteiger partial charge in [0.05, 0.1) is 12.8 Å². The molecule has 0 radical (unpaired) electrons. The fourth-order valence-electron chi connectivity index (χ4n) is 6.30. The van der Waals surface area contributed by atoms with Crippen LogP contribution in [0.4, 0.5) is 0 Å². The molecule has 4 aromatic rings. The van der Waals surface area contributed by atoms with Gasteiger partial charge in [0.2, 0.25) is 5.65 Å². The summed E-state index contributed by atoms with van der Waals surface area (Å²) >= 11 is 0. The number of piperidine rings is 1. The van der Waals surface area contributed by atoms with Gasteiger partial charge < -0.3 is 19.4 Å². The minimum Gasteiger partial charge on any atom is -0.492 e. The highest BCUT2D eigenvalue weighted by molar-refractivity contribution is 5.92. The van der Waals surface area contributed by atoms with Crippen molar-refractivity contribution in [3.63, 3.8) is 0 Å². The van der Waals surface area contributed by atoms with Gasteiger partial charge in [0.15, 0.2) is 5.75 Å². The summed E-state index contributed by atoms with van der Waals surface area (Å²) in [4.78, 5) is 10.7. The molecule has 5 heterocycles. The largest absolute Gasteiger partial charge is 0.492 e. The molecule has 0 spiro atoms. The first-order valence-corrected chi connectivity index (χ1v) is 13.3. The maximum absolute atomic E-state index is 5.72. The van der Waals surface area contributed by atoms with Crippen LogP contribution in [0.3, 0.4) is 0 Å². The maximum atomic E-state index is 5.72. The van der Waals surface area contributed by atoms with Gasteiger partial charge in [-0.1, -0.05) is 19.9 Å². The van der Waals surface area contributed by atoms with Crippen molar-refractivity contribution in [1.29, 1.82) is 0 Å². The second kappa shape index (κ2) is 9.48. The zero-order chi connectivity index (χ0) is 24.8. The van der Waals surface area contributed by atoms with Gasteiger partial charge in [-0.15, -0.1) is 14.8 Å². The lowest BCUT2D eigenvalue weighted by molar-refractivity contribution is 0.0252. The number of nitrogens with one attached hydrogen (secondary N) is 1. The molecule has 6 rings (SSSR count). The molecule has 36 heavy (non-hydrogen) atoms. The summed E-state index contributed by atoms with van der Waals surface area (Å²) in [5.74, 6) is 1.65. The van der Waals surface area contributed by atoms with Crippen LogP contribution in [-0.2, 0) is 4.74 Å². The van der Waals surface area contributed by atoms with Gasteiger partial charge in [-0.05, 0) is 80.8 Å². The minimum absolute atomic E-state index is 0.331. The molecule has 0 atom stereocenters. The highest BCUT2D eigenvalue weighted by Crippen LogP contribution is 2.40. The molecule has 0 bridgehead atoms. The van der Waals surface area contributed by atoms with Gasteiger partial charge in [-0.2, -0.15) is 0 Å². The van der Waals surface area contributed by atoms with Crippen molar-refractivity contribution in [3.05, 3.63) is 41.2 Å². The second-order valence-electron chi connectivity index (χ2n) is 10.6. The molecule has 3 aromatic heterocycles. The van der Waals surface area contributed by atoms with Crippen LogP contribution in [-0.4, -0.2) is 69.2 Å². The summed E-state index contributed by atoms with van der Waals surface area (Å²) in [7, 11) is 1.68. The van der Waals surface area contributed by atoms with E-state index in [0.717, 1.165) is 35.7 Å². The number of aromatic amines is 1. The quantitative estimate of drug-likeness (QED) is 0.422. The summed E-state index contributed by atoms with van der Waals surface area (Å²) in [6.07, 6.45) is 6.32. The fourth-order valence-corrected chi connectivity index (χ4v) is 6.30. The Hall–Kier alpha value is -2.97. The third-order valence-electron chi connectivity index (χ3n) is 8.21. The Morgan fingerprint density at radius 3 is 2.61 bits per heavy atom. The first kappa shape index (κ1) is 23.4. The topological polar surface area (TPSA) is 80.6 Å². The standard InChI is InChI=1S/C28H36N6O2/c1-17(2)24-22-15-20(19-7-11-33(12-8-19)21-9-13-36-14-10-21)5-6-23(22)31-26(24)25-18(3)27(35-4)28-29-16-30-34(28)32-25/h5-6,15-17,19,21,31H,7-14H2,1-4H3. The smallest absolute Gasteiger partial charge is 0.218 e. The molecule has 2 saturated heterocycles. The van der Waals surface area contributed by atoms with Crippen LogP contribution < -0.4 is 4.74 Å². The number of ether oxygens (including phenoxy) is 2. The number of methoxy groups -OCH3 is 1. The molecule has 0 aliphatic carbocycles. The third kappa shape index (κ3) is 3.96. The van der Waals surface area contributed by atoms with Gasteiger partial charge in [-0.3, -0.25) is 0 Å². The number of rotatable bonds is 5. The lowest BCUT2D eigenvalue weighted by Gasteiger charge is -2.39. The van der Waals surface area contributed by atoms with E-state index in [4.69, 9.17) is 14.6 Å². The van der Waals surface area contributed by atoms with Gasteiger partial charge in [-0.25, -0.2) is 4.98 Å².